The van der Waals surface area contributed by atoms with E-state index in [1.807, 2.05) is 4.99 Å². The maximum atomic E-state index is 3.24. The molecule has 0 N–H and O–H groups in total. The molecule has 0 bridgehead atoms. The topological polar surface area (TPSA) is 0 Å². The fraction of sp³-hybridized carbons (Fsp3) is 0.429. The van der Waals surface area contributed by atoms with Gasteiger partial charge in [0, 0.05) is 0 Å². The van der Waals surface area contributed by atoms with Crippen molar-refractivity contribution in [1.29, 1.82) is 0 Å². The van der Waals surface area contributed by atoms with Gasteiger partial charge in [0.15, 0.2) is 0 Å². The standard InChI is InChI=1S/C7H9Br/c8-6-5-7-3-1-2-4-7/h3,5-6H,1-2,4H2/b6-5+. The van der Waals surface area contributed by atoms with Crippen molar-refractivity contribution in [3.8, 4) is 0 Å². The highest BCUT2D eigenvalue weighted by Crippen LogP contribution is 2.18. The monoisotopic (exact) mass is 172 g/mol. The zero-order valence-electron chi connectivity index (χ0n) is 4.73. The van der Waals surface area contributed by atoms with Crippen molar-refractivity contribution in [2.45, 2.75) is 19.3 Å². The van der Waals surface area contributed by atoms with E-state index in [9.17, 15) is 0 Å². The molecule has 8 heavy (non-hydrogen) atoms. The number of halogens is 1. The van der Waals surface area contributed by atoms with Gasteiger partial charge in [0.25, 0.3) is 0 Å². The van der Waals surface area contributed by atoms with Gasteiger partial charge in [0.1, 0.15) is 0 Å². The fourth-order valence-electron chi connectivity index (χ4n) is 0.928. The molecule has 0 amide bonds. The molecule has 0 saturated heterocycles. The zero-order chi connectivity index (χ0) is 5.82. The minimum Gasteiger partial charge on any atom is -0.0813 e. The van der Waals surface area contributed by atoms with Crippen LogP contribution in [0, 0.1) is 0 Å². The van der Waals surface area contributed by atoms with E-state index in [2.05, 4.69) is 28.1 Å². The molecule has 44 valence electrons. The SMILES string of the molecule is Br/C=C/C1=CCCC1. The van der Waals surface area contributed by atoms with E-state index < -0.39 is 0 Å². The molecule has 0 aliphatic heterocycles. The average Bonchev–Trinajstić information content (AvgIpc) is 2.19. The lowest BCUT2D eigenvalue weighted by Crippen LogP contribution is -1.64. The molecular formula is C7H9Br. The van der Waals surface area contributed by atoms with Crippen LogP contribution in [-0.2, 0) is 0 Å². The third-order valence-electron chi connectivity index (χ3n) is 1.35. The maximum Gasteiger partial charge on any atom is -0.0186 e. The molecule has 1 aliphatic rings. The highest BCUT2D eigenvalue weighted by molar-refractivity contribution is 9.11. The summed E-state index contributed by atoms with van der Waals surface area (Å²) in [5.74, 6) is 0. The molecule has 1 heteroatoms. The molecule has 0 atom stereocenters. The summed E-state index contributed by atoms with van der Waals surface area (Å²) >= 11 is 3.24. The van der Waals surface area contributed by atoms with Gasteiger partial charge in [-0.3, -0.25) is 0 Å². The first-order valence-electron chi connectivity index (χ1n) is 2.89. The second-order valence-corrected chi connectivity index (χ2v) is 2.49. The van der Waals surface area contributed by atoms with E-state index >= 15 is 0 Å². The summed E-state index contributed by atoms with van der Waals surface area (Å²) in [5.41, 5.74) is 1.47. The van der Waals surface area contributed by atoms with Crippen molar-refractivity contribution in [3.63, 3.8) is 0 Å². The van der Waals surface area contributed by atoms with Crippen LogP contribution in [0.25, 0.3) is 0 Å². The highest BCUT2D eigenvalue weighted by atomic mass is 79.9. The van der Waals surface area contributed by atoms with Crippen LogP contribution in [0.5, 0.6) is 0 Å². The Labute approximate surface area is 58.4 Å². The lowest BCUT2D eigenvalue weighted by molar-refractivity contribution is 0.916. The largest absolute Gasteiger partial charge is 0.0813 e. The Hall–Kier alpha value is -0.0400. The Kier molecular flexibility index (Phi) is 2.34. The van der Waals surface area contributed by atoms with Crippen LogP contribution in [0.2, 0.25) is 0 Å². The van der Waals surface area contributed by atoms with Crippen LogP contribution >= 0.6 is 15.9 Å². The average molecular weight is 173 g/mol. The first-order valence-corrected chi connectivity index (χ1v) is 3.81. The summed E-state index contributed by atoms with van der Waals surface area (Å²) < 4.78 is 0. The van der Waals surface area contributed by atoms with E-state index in [-0.39, 0.29) is 0 Å². The van der Waals surface area contributed by atoms with Gasteiger partial charge in [-0.05, 0) is 24.2 Å². The van der Waals surface area contributed by atoms with Gasteiger partial charge < -0.3 is 0 Å². The molecule has 0 spiro atoms. The van der Waals surface area contributed by atoms with Gasteiger partial charge in [0.2, 0.25) is 0 Å². The van der Waals surface area contributed by atoms with Crippen LogP contribution in [0.15, 0.2) is 22.7 Å². The minimum atomic E-state index is 1.27. The van der Waals surface area contributed by atoms with E-state index in [1.165, 1.54) is 24.8 Å². The molecule has 0 heterocycles. The highest BCUT2D eigenvalue weighted by Gasteiger charge is 1.98. The molecule has 0 radical (unpaired) electrons. The Morgan fingerprint density at radius 2 is 2.50 bits per heavy atom. The summed E-state index contributed by atoms with van der Waals surface area (Å²) in [6.45, 7) is 0. The number of allylic oxidation sites excluding steroid dienone is 3. The summed E-state index contributed by atoms with van der Waals surface area (Å²) in [4.78, 5) is 1.92. The molecule has 1 aliphatic carbocycles. The Morgan fingerprint density at radius 3 is 3.00 bits per heavy atom. The van der Waals surface area contributed by atoms with Crippen LogP contribution < -0.4 is 0 Å². The number of hydrogen-bond donors (Lipinski definition) is 0. The van der Waals surface area contributed by atoms with Gasteiger partial charge in [-0.2, -0.15) is 0 Å². The molecular weight excluding hydrogens is 164 g/mol. The molecule has 0 aromatic carbocycles. The van der Waals surface area contributed by atoms with Crippen molar-refractivity contribution < 1.29 is 0 Å². The van der Waals surface area contributed by atoms with Gasteiger partial charge in [-0.25, -0.2) is 0 Å². The lowest BCUT2D eigenvalue weighted by atomic mass is 10.2. The van der Waals surface area contributed by atoms with Gasteiger partial charge >= 0.3 is 0 Å². The lowest BCUT2D eigenvalue weighted by Gasteiger charge is -1.84. The Balaban J connectivity index is 2.45. The number of hydrogen-bond acceptors (Lipinski definition) is 0. The van der Waals surface area contributed by atoms with E-state index in [1.54, 1.807) is 0 Å². The van der Waals surface area contributed by atoms with Crippen molar-refractivity contribution in [1.82, 2.24) is 0 Å². The first-order chi connectivity index (χ1) is 3.93. The van der Waals surface area contributed by atoms with Crippen LogP contribution in [0.1, 0.15) is 19.3 Å². The Morgan fingerprint density at radius 1 is 1.62 bits per heavy atom. The molecule has 0 aromatic rings. The third-order valence-corrected chi connectivity index (χ3v) is 1.62. The predicted molar refractivity (Wildman–Crippen MR) is 40.0 cm³/mol. The van der Waals surface area contributed by atoms with Gasteiger partial charge in [-0.15, -0.1) is 0 Å². The Bertz CT molecular complexity index is 122. The summed E-state index contributed by atoms with van der Waals surface area (Å²) in [5, 5.41) is 0. The summed E-state index contributed by atoms with van der Waals surface area (Å²) in [6, 6.07) is 0. The summed E-state index contributed by atoms with van der Waals surface area (Å²) in [7, 11) is 0. The van der Waals surface area contributed by atoms with E-state index in [4.69, 9.17) is 0 Å². The fourth-order valence-corrected chi connectivity index (χ4v) is 1.27. The zero-order valence-corrected chi connectivity index (χ0v) is 6.32. The van der Waals surface area contributed by atoms with Crippen molar-refractivity contribution in [2.75, 3.05) is 0 Å². The molecule has 0 saturated carbocycles. The van der Waals surface area contributed by atoms with Crippen molar-refractivity contribution in [3.05, 3.63) is 22.7 Å². The van der Waals surface area contributed by atoms with Crippen LogP contribution in [0.3, 0.4) is 0 Å². The smallest absolute Gasteiger partial charge is 0.0186 e. The second kappa shape index (κ2) is 3.08. The molecule has 0 nitrogen and oxygen atoms in total. The predicted octanol–water partition coefficient (Wildman–Crippen LogP) is 3.01. The first kappa shape index (κ1) is 6.09. The van der Waals surface area contributed by atoms with E-state index in [0.717, 1.165) is 0 Å². The summed E-state index contributed by atoms with van der Waals surface area (Å²) in [6.07, 6.45) is 8.28. The van der Waals surface area contributed by atoms with Gasteiger partial charge in [0.05, 0.1) is 0 Å². The van der Waals surface area contributed by atoms with Crippen molar-refractivity contribution >= 4 is 15.9 Å². The molecule has 0 aromatic heterocycles. The molecule has 0 fully saturated rings. The van der Waals surface area contributed by atoms with Crippen LogP contribution in [0.4, 0.5) is 0 Å². The quantitative estimate of drug-likeness (QED) is 0.571. The molecule has 1 rings (SSSR count). The normalized spacial score (nSPS) is 19.9. The number of rotatable bonds is 1. The van der Waals surface area contributed by atoms with Crippen molar-refractivity contribution in [2.24, 2.45) is 0 Å². The van der Waals surface area contributed by atoms with Gasteiger partial charge in [-0.1, -0.05) is 33.7 Å². The van der Waals surface area contributed by atoms with E-state index in [0.29, 0.717) is 0 Å². The molecule has 0 unspecified atom stereocenters. The third kappa shape index (κ3) is 1.48. The second-order valence-electron chi connectivity index (χ2n) is 1.96. The maximum absolute atomic E-state index is 3.24. The van der Waals surface area contributed by atoms with Crippen LogP contribution in [-0.4, -0.2) is 0 Å². The minimum absolute atomic E-state index is 1.27.